The van der Waals surface area contributed by atoms with Crippen LogP contribution in [0.25, 0.3) is 11.3 Å². The van der Waals surface area contributed by atoms with Crippen LogP contribution < -0.4 is 14.8 Å². The van der Waals surface area contributed by atoms with E-state index in [2.05, 4.69) is 10.3 Å². The number of amides is 1. The largest absolute Gasteiger partial charge is 0.494 e. The third kappa shape index (κ3) is 5.34. The molecular weight excluding hydrogens is 375 g/mol. The Kier molecular flexibility index (Phi) is 6.84. The molecule has 1 amide bonds. The molecule has 152 valence electrons. The van der Waals surface area contributed by atoms with Gasteiger partial charge in [0.25, 0.3) is 0 Å². The lowest BCUT2D eigenvalue weighted by atomic mass is 10.2. The van der Waals surface area contributed by atoms with Crippen LogP contribution in [0.3, 0.4) is 0 Å². The lowest BCUT2D eigenvalue weighted by Crippen LogP contribution is -2.13. The number of ether oxygens (including phenoxy) is 2. The van der Waals surface area contributed by atoms with Crippen molar-refractivity contribution in [2.45, 2.75) is 26.7 Å². The van der Waals surface area contributed by atoms with E-state index in [0.717, 1.165) is 0 Å². The van der Waals surface area contributed by atoms with Crippen LogP contribution in [0.5, 0.6) is 11.5 Å². The third-order valence-electron chi connectivity index (χ3n) is 4.09. The van der Waals surface area contributed by atoms with Crippen molar-refractivity contribution in [2.75, 3.05) is 18.5 Å². The topological polar surface area (TPSA) is 73.6 Å². The summed E-state index contributed by atoms with van der Waals surface area (Å²) in [5, 5.41) is 2.84. The van der Waals surface area contributed by atoms with Crippen molar-refractivity contribution < 1.29 is 23.1 Å². The second-order valence-electron chi connectivity index (χ2n) is 6.17. The number of benzene rings is 2. The molecule has 0 saturated carbocycles. The van der Waals surface area contributed by atoms with Gasteiger partial charge in [0.2, 0.25) is 5.91 Å². The van der Waals surface area contributed by atoms with E-state index in [1.165, 1.54) is 12.3 Å². The number of aromatic nitrogens is 1. The summed E-state index contributed by atoms with van der Waals surface area (Å²) in [6.07, 6.45) is 1.90. The highest BCUT2D eigenvalue weighted by molar-refractivity contribution is 5.92. The summed E-state index contributed by atoms with van der Waals surface area (Å²) in [5.74, 6) is 1.32. The predicted molar refractivity (Wildman–Crippen MR) is 108 cm³/mol. The highest BCUT2D eigenvalue weighted by atomic mass is 19.1. The normalized spacial score (nSPS) is 10.6. The fourth-order valence-electron chi connectivity index (χ4n) is 2.79. The Morgan fingerprint density at radius 1 is 1.14 bits per heavy atom. The maximum absolute atomic E-state index is 13.9. The fourth-order valence-corrected chi connectivity index (χ4v) is 2.79. The van der Waals surface area contributed by atoms with E-state index in [-0.39, 0.29) is 24.6 Å². The van der Waals surface area contributed by atoms with Crippen molar-refractivity contribution in [2.24, 2.45) is 0 Å². The van der Waals surface area contributed by atoms with Gasteiger partial charge in [0.05, 0.1) is 30.7 Å². The first kappa shape index (κ1) is 20.4. The van der Waals surface area contributed by atoms with Gasteiger partial charge in [-0.1, -0.05) is 12.1 Å². The summed E-state index contributed by atoms with van der Waals surface area (Å²) >= 11 is 0. The molecule has 1 N–H and O–H groups in total. The second-order valence-corrected chi connectivity index (χ2v) is 6.17. The van der Waals surface area contributed by atoms with E-state index in [1.54, 1.807) is 36.4 Å². The van der Waals surface area contributed by atoms with Crippen LogP contribution in [0, 0.1) is 5.82 Å². The zero-order chi connectivity index (χ0) is 20.6. The fraction of sp³-hybridized carbons (Fsp3) is 0.273. The molecule has 0 bridgehead atoms. The Hall–Kier alpha value is -3.35. The summed E-state index contributed by atoms with van der Waals surface area (Å²) in [4.78, 5) is 16.5. The molecule has 3 rings (SSSR count). The van der Waals surface area contributed by atoms with E-state index in [1.807, 2.05) is 13.8 Å². The maximum atomic E-state index is 13.9. The van der Waals surface area contributed by atoms with Crippen LogP contribution in [-0.2, 0) is 11.2 Å². The summed E-state index contributed by atoms with van der Waals surface area (Å²) in [6, 6.07) is 11.6. The Labute approximate surface area is 168 Å². The quantitative estimate of drug-likeness (QED) is 0.558. The lowest BCUT2D eigenvalue weighted by Gasteiger charge is -2.13. The molecule has 1 heterocycles. The van der Waals surface area contributed by atoms with E-state index < -0.39 is 0 Å². The van der Waals surface area contributed by atoms with Crippen molar-refractivity contribution in [1.82, 2.24) is 4.98 Å². The highest BCUT2D eigenvalue weighted by Crippen LogP contribution is 2.30. The van der Waals surface area contributed by atoms with E-state index in [4.69, 9.17) is 13.9 Å². The molecule has 0 spiro atoms. The Morgan fingerprint density at radius 3 is 2.69 bits per heavy atom. The van der Waals surface area contributed by atoms with Gasteiger partial charge in [-0.15, -0.1) is 0 Å². The first-order valence-electron chi connectivity index (χ1n) is 9.49. The van der Waals surface area contributed by atoms with Crippen molar-refractivity contribution >= 4 is 11.6 Å². The summed E-state index contributed by atoms with van der Waals surface area (Å²) < 4.78 is 30.5. The molecule has 0 unspecified atom stereocenters. The molecule has 2 aromatic carbocycles. The Bertz CT molecular complexity index is 971. The number of oxazole rings is 1. The lowest BCUT2D eigenvalue weighted by molar-refractivity contribution is -0.116. The minimum Gasteiger partial charge on any atom is -0.494 e. The summed E-state index contributed by atoms with van der Waals surface area (Å²) in [6.45, 7) is 4.76. The van der Waals surface area contributed by atoms with Crippen molar-refractivity contribution in [3.8, 4) is 22.8 Å². The number of hydrogen-bond acceptors (Lipinski definition) is 5. The zero-order valence-electron chi connectivity index (χ0n) is 16.4. The van der Waals surface area contributed by atoms with E-state index >= 15 is 0 Å². The average Bonchev–Trinajstić information content (AvgIpc) is 3.18. The number of hydrogen-bond donors (Lipinski definition) is 1. The first-order chi connectivity index (χ1) is 14.1. The minimum absolute atomic E-state index is 0.154. The molecule has 7 heteroatoms. The zero-order valence-corrected chi connectivity index (χ0v) is 16.4. The number of rotatable bonds is 9. The van der Waals surface area contributed by atoms with Crippen molar-refractivity contribution in [3.05, 3.63) is 60.4 Å². The SMILES string of the molecule is CCOc1ccc(OCC)c(NC(=O)CCc2ncc(-c3ccccc3F)o2)c1. The highest BCUT2D eigenvalue weighted by Gasteiger charge is 2.13. The van der Waals surface area contributed by atoms with Gasteiger partial charge in [-0.05, 0) is 38.1 Å². The van der Waals surface area contributed by atoms with Gasteiger partial charge < -0.3 is 19.2 Å². The van der Waals surface area contributed by atoms with Crippen LogP contribution in [0.1, 0.15) is 26.2 Å². The molecular formula is C22H23FN2O4. The molecule has 0 fully saturated rings. The van der Waals surface area contributed by atoms with Gasteiger partial charge in [0.1, 0.15) is 17.3 Å². The Balaban J connectivity index is 1.63. The number of anilines is 1. The second kappa shape index (κ2) is 9.73. The van der Waals surface area contributed by atoms with E-state index in [9.17, 15) is 9.18 Å². The maximum Gasteiger partial charge on any atom is 0.224 e. The van der Waals surface area contributed by atoms with Gasteiger partial charge in [-0.2, -0.15) is 0 Å². The van der Waals surface area contributed by atoms with Crippen molar-refractivity contribution in [3.63, 3.8) is 0 Å². The average molecular weight is 398 g/mol. The summed E-state index contributed by atoms with van der Waals surface area (Å²) in [5.41, 5.74) is 0.882. The minimum atomic E-state index is -0.384. The molecule has 0 radical (unpaired) electrons. The molecule has 29 heavy (non-hydrogen) atoms. The smallest absolute Gasteiger partial charge is 0.224 e. The van der Waals surface area contributed by atoms with Gasteiger partial charge in [-0.3, -0.25) is 4.79 Å². The van der Waals surface area contributed by atoms with Crippen LogP contribution in [0.4, 0.5) is 10.1 Å². The third-order valence-corrected chi connectivity index (χ3v) is 4.09. The van der Waals surface area contributed by atoms with Gasteiger partial charge in [0, 0.05) is 18.9 Å². The van der Waals surface area contributed by atoms with Gasteiger partial charge in [0.15, 0.2) is 11.7 Å². The molecule has 0 aliphatic rings. The molecule has 0 saturated heterocycles. The monoisotopic (exact) mass is 398 g/mol. The molecule has 3 aromatic rings. The number of carbonyl (C=O) groups is 1. The van der Waals surface area contributed by atoms with Gasteiger partial charge >= 0.3 is 0 Å². The molecule has 1 aromatic heterocycles. The first-order valence-corrected chi connectivity index (χ1v) is 9.49. The van der Waals surface area contributed by atoms with Crippen LogP contribution in [0.15, 0.2) is 53.1 Å². The molecule has 6 nitrogen and oxygen atoms in total. The number of halogens is 1. The Morgan fingerprint density at radius 2 is 1.93 bits per heavy atom. The molecule has 0 atom stereocenters. The number of carbonyl (C=O) groups excluding carboxylic acids is 1. The molecule has 0 aliphatic heterocycles. The summed E-state index contributed by atoms with van der Waals surface area (Å²) in [7, 11) is 0. The van der Waals surface area contributed by atoms with Crippen LogP contribution >= 0.6 is 0 Å². The van der Waals surface area contributed by atoms with Crippen LogP contribution in [0.2, 0.25) is 0 Å². The van der Waals surface area contributed by atoms with Gasteiger partial charge in [-0.25, -0.2) is 9.37 Å². The predicted octanol–water partition coefficient (Wildman–Crippen LogP) is 4.85. The standard InChI is InChI=1S/C22H23FN2O4/c1-3-27-15-9-10-19(28-4-2)18(13-15)25-21(26)11-12-22-24-14-20(29-22)16-7-5-6-8-17(16)23/h5-10,13-14H,3-4,11-12H2,1-2H3,(H,25,26). The van der Waals surface area contributed by atoms with Crippen LogP contribution in [-0.4, -0.2) is 24.1 Å². The molecule has 0 aliphatic carbocycles. The van der Waals surface area contributed by atoms with E-state index in [0.29, 0.717) is 47.6 Å². The number of nitrogens with zero attached hydrogens (tertiary/aromatic N) is 1. The number of aryl methyl sites for hydroxylation is 1. The number of nitrogens with one attached hydrogen (secondary N) is 1. The van der Waals surface area contributed by atoms with Crippen molar-refractivity contribution in [1.29, 1.82) is 0 Å².